The van der Waals surface area contributed by atoms with Crippen LogP contribution in [0.1, 0.15) is 42.1 Å². The van der Waals surface area contributed by atoms with Gasteiger partial charge in [0.05, 0.1) is 19.6 Å². The second-order valence-corrected chi connectivity index (χ2v) is 8.40. The number of aliphatic carboxylic acids is 1. The van der Waals surface area contributed by atoms with Gasteiger partial charge in [-0.2, -0.15) is 0 Å². The zero-order valence-corrected chi connectivity index (χ0v) is 18.3. The standard InChI is InChI=1S/C24H30FN3O4/c1-31-22-9-7-17(12-20(22)25)21(13-23(29)30)28-14-19(15-28)32-11-3-5-18-8-6-16-4-2-10-26-24(16)27-18/h6-9,12,19,21H,2-5,10-11,13-15H2,1H3,(H,26,27)(H,29,30). The Morgan fingerprint density at radius 3 is 2.94 bits per heavy atom. The smallest absolute Gasteiger partial charge is 0.305 e. The van der Waals surface area contributed by atoms with Crippen molar-refractivity contribution in [1.29, 1.82) is 0 Å². The number of fused-ring (bicyclic) bond motifs is 1. The lowest BCUT2D eigenvalue weighted by atomic mass is 9.97. The van der Waals surface area contributed by atoms with Crippen LogP contribution in [0.5, 0.6) is 5.75 Å². The number of nitrogens with zero attached hydrogens (tertiary/aromatic N) is 2. The molecule has 2 aliphatic rings. The van der Waals surface area contributed by atoms with E-state index < -0.39 is 11.8 Å². The lowest BCUT2D eigenvalue weighted by molar-refractivity contribution is -0.140. The Morgan fingerprint density at radius 2 is 2.19 bits per heavy atom. The van der Waals surface area contributed by atoms with Crippen LogP contribution in [-0.2, 0) is 22.4 Å². The Morgan fingerprint density at radius 1 is 1.34 bits per heavy atom. The molecule has 0 radical (unpaired) electrons. The van der Waals surface area contributed by atoms with Gasteiger partial charge in [-0.1, -0.05) is 12.1 Å². The number of likely N-dealkylation sites (tertiary alicyclic amines) is 1. The number of anilines is 1. The number of halogens is 1. The molecule has 32 heavy (non-hydrogen) atoms. The highest BCUT2D eigenvalue weighted by molar-refractivity contribution is 5.68. The van der Waals surface area contributed by atoms with Gasteiger partial charge in [0.15, 0.2) is 11.6 Å². The highest BCUT2D eigenvalue weighted by Gasteiger charge is 2.35. The maximum atomic E-state index is 14.1. The van der Waals surface area contributed by atoms with Gasteiger partial charge in [-0.25, -0.2) is 9.37 Å². The molecule has 7 nitrogen and oxygen atoms in total. The number of benzene rings is 1. The lowest BCUT2D eigenvalue weighted by Crippen LogP contribution is -2.53. The number of ether oxygens (including phenoxy) is 2. The highest BCUT2D eigenvalue weighted by atomic mass is 19.1. The number of carboxylic acid groups (broad SMARTS) is 1. The topological polar surface area (TPSA) is 83.9 Å². The number of carboxylic acids is 1. The van der Waals surface area contributed by atoms with Crippen molar-refractivity contribution in [2.75, 3.05) is 38.7 Å². The third-order valence-electron chi connectivity index (χ3n) is 6.13. The maximum absolute atomic E-state index is 14.1. The third-order valence-corrected chi connectivity index (χ3v) is 6.13. The average molecular weight is 444 g/mol. The molecule has 2 aliphatic heterocycles. The minimum absolute atomic E-state index is 0.0625. The van der Waals surface area contributed by atoms with E-state index in [0.29, 0.717) is 25.3 Å². The van der Waals surface area contributed by atoms with Crippen LogP contribution in [-0.4, -0.2) is 60.4 Å². The summed E-state index contributed by atoms with van der Waals surface area (Å²) in [6.45, 7) is 2.88. The van der Waals surface area contributed by atoms with E-state index in [0.717, 1.165) is 43.7 Å². The van der Waals surface area contributed by atoms with Crippen LogP contribution < -0.4 is 10.1 Å². The number of methoxy groups -OCH3 is 1. The molecule has 3 heterocycles. The van der Waals surface area contributed by atoms with Crippen LogP contribution in [0.25, 0.3) is 0 Å². The van der Waals surface area contributed by atoms with Crippen LogP contribution in [0.2, 0.25) is 0 Å². The van der Waals surface area contributed by atoms with Gasteiger partial charge >= 0.3 is 5.97 Å². The van der Waals surface area contributed by atoms with Crippen LogP contribution in [0.15, 0.2) is 30.3 Å². The number of hydrogen-bond donors (Lipinski definition) is 2. The molecule has 1 fully saturated rings. The second-order valence-electron chi connectivity index (χ2n) is 8.40. The van der Waals surface area contributed by atoms with Gasteiger partial charge in [0.1, 0.15) is 5.82 Å². The van der Waals surface area contributed by atoms with Crippen LogP contribution >= 0.6 is 0 Å². The van der Waals surface area contributed by atoms with Gasteiger partial charge in [-0.05, 0) is 55.0 Å². The van der Waals surface area contributed by atoms with E-state index in [4.69, 9.17) is 14.5 Å². The molecule has 172 valence electrons. The first-order valence-corrected chi connectivity index (χ1v) is 11.2. The van der Waals surface area contributed by atoms with E-state index >= 15 is 0 Å². The fourth-order valence-electron chi connectivity index (χ4n) is 4.35. The van der Waals surface area contributed by atoms with Crippen molar-refractivity contribution in [3.63, 3.8) is 0 Å². The van der Waals surface area contributed by atoms with Gasteiger partial charge in [-0.3, -0.25) is 9.69 Å². The van der Waals surface area contributed by atoms with Crippen molar-refractivity contribution >= 4 is 11.8 Å². The summed E-state index contributed by atoms with van der Waals surface area (Å²) in [6, 6.07) is 8.50. The molecule has 1 unspecified atom stereocenters. The largest absolute Gasteiger partial charge is 0.494 e. The second kappa shape index (κ2) is 10.3. The Labute approximate surface area is 187 Å². The third kappa shape index (κ3) is 5.37. The quantitative estimate of drug-likeness (QED) is 0.544. The van der Waals surface area contributed by atoms with Crippen LogP contribution in [0.4, 0.5) is 10.2 Å². The number of nitrogens with one attached hydrogen (secondary N) is 1. The van der Waals surface area contributed by atoms with E-state index in [-0.39, 0.29) is 24.3 Å². The molecule has 1 aromatic heterocycles. The fraction of sp³-hybridized carbons (Fsp3) is 0.500. The predicted octanol–water partition coefficient (Wildman–Crippen LogP) is 3.44. The molecular weight excluding hydrogens is 413 g/mol. The zero-order chi connectivity index (χ0) is 22.5. The van der Waals surface area contributed by atoms with Gasteiger partial charge in [0.25, 0.3) is 0 Å². The summed E-state index contributed by atoms with van der Waals surface area (Å²) in [5, 5.41) is 12.7. The van der Waals surface area contributed by atoms with Crippen molar-refractivity contribution < 1.29 is 23.8 Å². The molecule has 2 N–H and O–H groups in total. The lowest BCUT2D eigenvalue weighted by Gasteiger charge is -2.43. The summed E-state index contributed by atoms with van der Waals surface area (Å²) in [4.78, 5) is 18.1. The average Bonchev–Trinajstić information content (AvgIpc) is 2.76. The molecule has 4 rings (SSSR count). The summed E-state index contributed by atoms with van der Waals surface area (Å²) in [6.07, 6.45) is 3.95. The van der Waals surface area contributed by atoms with Crippen molar-refractivity contribution in [3.05, 3.63) is 53.0 Å². The number of aromatic nitrogens is 1. The highest BCUT2D eigenvalue weighted by Crippen LogP contribution is 2.32. The van der Waals surface area contributed by atoms with Crippen molar-refractivity contribution in [1.82, 2.24) is 9.88 Å². The van der Waals surface area contributed by atoms with Gasteiger partial charge < -0.3 is 19.9 Å². The van der Waals surface area contributed by atoms with Crippen LogP contribution in [0, 0.1) is 5.82 Å². The van der Waals surface area contributed by atoms with Crippen molar-refractivity contribution in [2.24, 2.45) is 0 Å². The molecule has 1 saturated heterocycles. The minimum atomic E-state index is -0.914. The normalized spacial score (nSPS) is 17.2. The zero-order valence-electron chi connectivity index (χ0n) is 18.3. The van der Waals surface area contributed by atoms with E-state index in [1.165, 1.54) is 24.8 Å². The Bertz CT molecular complexity index is 949. The Kier molecular flexibility index (Phi) is 7.22. The summed E-state index contributed by atoms with van der Waals surface area (Å²) in [5.41, 5.74) is 3.00. The van der Waals surface area contributed by atoms with Gasteiger partial charge in [-0.15, -0.1) is 0 Å². The van der Waals surface area contributed by atoms with Crippen molar-refractivity contribution in [2.45, 2.75) is 44.2 Å². The molecule has 8 heteroatoms. The van der Waals surface area contributed by atoms with E-state index in [1.807, 2.05) is 4.90 Å². The maximum Gasteiger partial charge on any atom is 0.305 e. The minimum Gasteiger partial charge on any atom is -0.494 e. The molecule has 0 bridgehead atoms. The first-order chi connectivity index (χ1) is 15.5. The SMILES string of the molecule is COc1ccc(C(CC(=O)O)N2CC(OCCCc3ccc4c(n3)NCCC4)C2)cc1F. The predicted molar refractivity (Wildman–Crippen MR) is 119 cm³/mol. The molecule has 0 saturated carbocycles. The number of carbonyl (C=O) groups is 1. The summed E-state index contributed by atoms with van der Waals surface area (Å²) < 4.78 is 25.1. The van der Waals surface area contributed by atoms with E-state index in [9.17, 15) is 14.3 Å². The van der Waals surface area contributed by atoms with E-state index in [1.54, 1.807) is 6.07 Å². The van der Waals surface area contributed by atoms with Crippen LogP contribution in [0.3, 0.4) is 0 Å². The molecule has 0 spiro atoms. The number of aryl methyl sites for hydroxylation is 2. The summed E-state index contributed by atoms with van der Waals surface area (Å²) >= 11 is 0. The number of pyridine rings is 1. The summed E-state index contributed by atoms with van der Waals surface area (Å²) in [7, 11) is 1.41. The fourth-order valence-corrected chi connectivity index (χ4v) is 4.35. The molecule has 2 aromatic rings. The van der Waals surface area contributed by atoms with Gasteiger partial charge in [0, 0.05) is 38.0 Å². The van der Waals surface area contributed by atoms with Crippen molar-refractivity contribution in [3.8, 4) is 5.75 Å². The Balaban J connectivity index is 1.24. The monoisotopic (exact) mass is 443 g/mol. The summed E-state index contributed by atoms with van der Waals surface area (Å²) in [5.74, 6) is -0.233. The number of hydrogen-bond acceptors (Lipinski definition) is 6. The van der Waals surface area contributed by atoms with Gasteiger partial charge in [0.2, 0.25) is 0 Å². The number of rotatable bonds is 10. The molecular formula is C24H30FN3O4. The first-order valence-electron chi connectivity index (χ1n) is 11.2. The molecule has 0 aliphatic carbocycles. The first kappa shape index (κ1) is 22.5. The molecule has 1 atom stereocenters. The Hall–Kier alpha value is -2.71. The molecule has 1 aromatic carbocycles. The molecule has 0 amide bonds. The van der Waals surface area contributed by atoms with E-state index in [2.05, 4.69) is 17.4 Å².